The molecule has 0 fully saturated rings. The van der Waals surface area contributed by atoms with E-state index in [-0.39, 0.29) is 18.1 Å². The summed E-state index contributed by atoms with van der Waals surface area (Å²) in [5.74, 6) is 0.434. The number of amides is 1. The van der Waals surface area contributed by atoms with E-state index in [1.807, 2.05) is 40.7 Å². The van der Waals surface area contributed by atoms with Gasteiger partial charge in [0.15, 0.2) is 11.5 Å². The lowest BCUT2D eigenvalue weighted by Gasteiger charge is -2.28. The first-order chi connectivity index (χ1) is 8.32. The minimum atomic E-state index is -0.426. The van der Waals surface area contributed by atoms with Gasteiger partial charge in [-0.05, 0) is 46.6 Å². The monoisotopic (exact) mass is 253 g/mol. The van der Waals surface area contributed by atoms with E-state index in [4.69, 9.17) is 15.2 Å². The topological polar surface area (TPSA) is 61.6 Å². The number of carbonyl (C=O) groups excluding carboxylic acids is 1. The Bertz CT molecular complexity index is 381. The third-order valence-corrected chi connectivity index (χ3v) is 2.62. The minimum absolute atomic E-state index is 0.0153. The van der Waals surface area contributed by atoms with Crippen LogP contribution in [0, 0.1) is 5.92 Å². The number of hydrogen-bond donors (Lipinski definition) is 1. The SMILES string of the molecule is CC1=CCC(C(N)=O)C(OC(C)C)=C1OC(C)C. The molecule has 1 aliphatic carbocycles. The van der Waals surface area contributed by atoms with Crippen LogP contribution in [0.3, 0.4) is 0 Å². The van der Waals surface area contributed by atoms with Crippen LogP contribution >= 0.6 is 0 Å². The summed E-state index contributed by atoms with van der Waals surface area (Å²) in [6.07, 6.45) is 2.56. The lowest BCUT2D eigenvalue weighted by molar-refractivity contribution is -0.122. The molecule has 0 aromatic carbocycles. The second-order valence-electron chi connectivity index (χ2n) is 5.10. The lowest BCUT2D eigenvalue weighted by Crippen LogP contribution is -2.30. The predicted octanol–water partition coefficient (Wildman–Crippen LogP) is 2.50. The van der Waals surface area contributed by atoms with Crippen LogP contribution in [0.2, 0.25) is 0 Å². The van der Waals surface area contributed by atoms with Gasteiger partial charge in [-0.1, -0.05) is 6.08 Å². The average Bonchev–Trinajstić information content (AvgIpc) is 2.21. The zero-order valence-corrected chi connectivity index (χ0v) is 11.8. The molecule has 0 bridgehead atoms. The summed E-state index contributed by atoms with van der Waals surface area (Å²) in [4.78, 5) is 11.5. The van der Waals surface area contributed by atoms with Crippen molar-refractivity contribution in [3.05, 3.63) is 23.2 Å². The number of carbonyl (C=O) groups is 1. The first-order valence-electron chi connectivity index (χ1n) is 6.36. The van der Waals surface area contributed by atoms with Crippen molar-refractivity contribution < 1.29 is 14.3 Å². The number of ether oxygens (including phenoxy) is 2. The largest absolute Gasteiger partial charge is 0.491 e. The Hall–Kier alpha value is -1.45. The Morgan fingerprint density at radius 2 is 1.83 bits per heavy atom. The van der Waals surface area contributed by atoms with Gasteiger partial charge in [0.2, 0.25) is 5.91 Å². The van der Waals surface area contributed by atoms with Crippen LogP contribution in [0.1, 0.15) is 41.0 Å². The Morgan fingerprint density at radius 3 is 2.28 bits per heavy atom. The number of primary amides is 1. The van der Waals surface area contributed by atoms with E-state index in [2.05, 4.69) is 0 Å². The molecule has 2 N–H and O–H groups in total. The zero-order valence-electron chi connectivity index (χ0n) is 11.8. The van der Waals surface area contributed by atoms with Gasteiger partial charge < -0.3 is 15.2 Å². The molecule has 18 heavy (non-hydrogen) atoms. The van der Waals surface area contributed by atoms with Crippen molar-refractivity contribution in [2.75, 3.05) is 0 Å². The van der Waals surface area contributed by atoms with E-state index in [0.29, 0.717) is 17.9 Å². The second-order valence-corrected chi connectivity index (χ2v) is 5.10. The Morgan fingerprint density at radius 1 is 1.28 bits per heavy atom. The highest BCUT2D eigenvalue weighted by Crippen LogP contribution is 2.32. The summed E-state index contributed by atoms with van der Waals surface area (Å²) in [5.41, 5.74) is 6.43. The summed E-state index contributed by atoms with van der Waals surface area (Å²) in [6, 6.07) is 0. The molecule has 1 rings (SSSR count). The van der Waals surface area contributed by atoms with Gasteiger partial charge >= 0.3 is 0 Å². The fraction of sp³-hybridized carbons (Fsp3) is 0.643. The van der Waals surface area contributed by atoms with Crippen molar-refractivity contribution in [1.29, 1.82) is 0 Å². The minimum Gasteiger partial charge on any atom is -0.491 e. The van der Waals surface area contributed by atoms with Crippen molar-refractivity contribution in [3.8, 4) is 0 Å². The molecule has 0 spiro atoms. The molecule has 4 nitrogen and oxygen atoms in total. The summed E-state index contributed by atoms with van der Waals surface area (Å²) >= 11 is 0. The summed E-state index contributed by atoms with van der Waals surface area (Å²) in [7, 11) is 0. The van der Waals surface area contributed by atoms with Gasteiger partial charge in [0.1, 0.15) is 5.92 Å². The standard InChI is InChI=1S/C14H23NO3/c1-8(2)17-12-10(5)6-7-11(14(15)16)13(12)18-9(3)4/h6,8-9,11H,7H2,1-5H3,(H2,15,16). The molecule has 0 heterocycles. The van der Waals surface area contributed by atoms with Crippen molar-refractivity contribution in [1.82, 2.24) is 0 Å². The van der Waals surface area contributed by atoms with Crippen LogP contribution in [0.15, 0.2) is 23.2 Å². The van der Waals surface area contributed by atoms with Crippen molar-refractivity contribution in [3.63, 3.8) is 0 Å². The average molecular weight is 253 g/mol. The number of allylic oxidation sites excluding steroid dienone is 2. The third-order valence-electron chi connectivity index (χ3n) is 2.62. The van der Waals surface area contributed by atoms with E-state index >= 15 is 0 Å². The Labute approximate surface area is 109 Å². The normalized spacial score (nSPS) is 20.2. The first kappa shape index (κ1) is 14.6. The number of hydrogen-bond acceptors (Lipinski definition) is 3. The van der Waals surface area contributed by atoms with Gasteiger partial charge in [0.25, 0.3) is 0 Å². The van der Waals surface area contributed by atoms with E-state index in [1.165, 1.54) is 0 Å². The van der Waals surface area contributed by atoms with Gasteiger partial charge in [-0.25, -0.2) is 0 Å². The molecule has 0 radical (unpaired) electrons. The van der Waals surface area contributed by atoms with Gasteiger partial charge in [0, 0.05) is 0 Å². The van der Waals surface area contributed by atoms with Gasteiger partial charge in [-0.15, -0.1) is 0 Å². The van der Waals surface area contributed by atoms with E-state index < -0.39 is 5.92 Å². The highest BCUT2D eigenvalue weighted by molar-refractivity contribution is 5.80. The Balaban J connectivity index is 3.15. The summed E-state index contributed by atoms with van der Waals surface area (Å²) < 4.78 is 11.5. The van der Waals surface area contributed by atoms with Crippen molar-refractivity contribution >= 4 is 5.91 Å². The molecule has 0 saturated carbocycles. The molecular formula is C14H23NO3. The molecule has 1 amide bonds. The smallest absolute Gasteiger partial charge is 0.228 e. The van der Waals surface area contributed by atoms with E-state index in [9.17, 15) is 4.79 Å². The molecule has 0 aromatic rings. The highest BCUT2D eigenvalue weighted by atomic mass is 16.5. The molecule has 102 valence electrons. The van der Waals surface area contributed by atoms with Crippen LogP contribution < -0.4 is 5.73 Å². The molecule has 0 saturated heterocycles. The highest BCUT2D eigenvalue weighted by Gasteiger charge is 2.31. The molecule has 1 unspecified atom stereocenters. The maximum Gasteiger partial charge on any atom is 0.228 e. The van der Waals surface area contributed by atoms with Crippen LogP contribution in [-0.2, 0) is 14.3 Å². The quantitative estimate of drug-likeness (QED) is 0.818. The zero-order chi connectivity index (χ0) is 13.9. The van der Waals surface area contributed by atoms with Crippen molar-refractivity contribution in [2.24, 2.45) is 11.7 Å². The summed E-state index contributed by atoms with van der Waals surface area (Å²) in [5, 5.41) is 0. The molecule has 0 aliphatic heterocycles. The Kier molecular flexibility index (Phi) is 4.82. The van der Waals surface area contributed by atoms with Crippen LogP contribution in [0.4, 0.5) is 0 Å². The van der Waals surface area contributed by atoms with Gasteiger partial charge in [-0.3, -0.25) is 4.79 Å². The number of nitrogens with two attached hydrogens (primary N) is 1. The lowest BCUT2D eigenvalue weighted by atomic mass is 9.93. The number of rotatable bonds is 5. The van der Waals surface area contributed by atoms with Gasteiger partial charge in [0.05, 0.1) is 12.2 Å². The molecule has 4 heteroatoms. The molecule has 0 aromatic heterocycles. The van der Waals surface area contributed by atoms with Crippen molar-refractivity contribution in [2.45, 2.75) is 53.2 Å². The van der Waals surface area contributed by atoms with Gasteiger partial charge in [-0.2, -0.15) is 0 Å². The van der Waals surface area contributed by atoms with Crippen LogP contribution in [-0.4, -0.2) is 18.1 Å². The maximum atomic E-state index is 11.5. The molecule has 1 atom stereocenters. The van der Waals surface area contributed by atoms with Crippen LogP contribution in [0.25, 0.3) is 0 Å². The maximum absolute atomic E-state index is 11.5. The predicted molar refractivity (Wildman–Crippen MR) is 70.5 cm³/mol. The van der Waals surface area contributed by atoms with E-state index in [0.717, 1.165) is 5.57 Å². The molecular weight excluding hydrogens is 230 g/mol. The summed E-state index contributed by atoms with van der Waals surface area (Å²) in [6.45, 7) is 9.69. The third kappa shape index (κ3) is 3.52. The first-order valence-corrected chi connectivity index (χ1v) is 6.36. The second kappa shape index (κ2) is 5.94. The molecule has 1 aliphatic rings. The fourth-order valence-electron chi connectivity index (χ4n) is 1.87. The fourth-order valence-corrected chi connectivity index (χ4v) is 1.87. The van der Waals surface area contributed by atoms with Crippen LogP contribution in [0.5, 0.6) is 0 Å². The van der Waals surface area contributed by atoms with E-state index in [1.54, 1.807) is 0 Å².